The third-order valence-corrected chi connectivity index (χ3v) is 3.85. The number of amides is 1. The molecule has 0 unspecified atom stereocenters. The minimum absolute atomic E-state index is 0.00926. The van der Waals surface area contributed by atoms with Crippen LogP contribution < -0.4 is 10.1 Å². The van der Waals surface area contributed by atoms with E-state index in [-0.39, 0.29) is 23.0 Å². The lowest BCUT2D eigenvalue weighted by atomic mass is 10.1. The third-order valence-electron chi connectivity index (χ3n) is 3.53. The van der Waals surface area contributed by atoms with Gasteiger partial charge in [0.1, 0.15) is 10.8 Å². The van der Waals surface area contributed by atoms with Crippen LogP contribution in [0.1, 0.15) is 0 Å². The number of rotatable bonds is 5. The molecule has 0 heterocycles. The number of fused-ring (bicyclic) bond motifs is 1. The highest BCUT2D eigenvalue weighted by molar-refractivity contribution is 6.32. The van der Waals surface area contributed by atoms with Crippen LogP contribution in [0, 0.1) is 10.1 Å². The van der Waals surface area contributed by atoms with E-state index in [1.807, 2.05) is 36.4 Å². The van der Waals surface area contributed by atoms with E-state index in [0.29, 0.717) is 5.75 Å². The first-order chi connectivity index (χ1) is 12.0. The summed E-state index contributed by atoms with van der Waals surface area (Å²) in [4.78, 5) is 22.3. The van der Waals surface area contributed by atoms with E-state index >= 15 is 0 Å². The minimum atomic E-state index is -0.607. The molecule has 0 aliphatic rings. The van der Waals surface area contributed by atoms with Gasteiger partial charge in [-0.15, -0.1) is 0 Å². The molecule has 0 radical (unpaired) electrons. The minimum Gasteiger partial charge on any atom is -0.483 e. The molecule has 1 amide bonds. The molecule has 3 rings (SSSR count). The smallest absolute Gasteiger partial charge is 0.289 e. The molecule has 1 N–H and O–H groups in total. The third kappa shape index (κ3) is 3.87. The van der Waals surface area contributed by atoms with Crippen molar-refractivity contribution in [2.45, 2.75) is 0 Å². The first-order valence-corrected chi connectivity index (χ1v) is 7.77. The summed E-state index contributed by atoms with van der Waals surface area (Å²) in [6, 6.07) is 17.3. The molecule has 0 spiro atoms. The molecule has 3 aromatic rings. The van der Waals surface area contributed by atoms with Crippen molar-refractivity contribution >= 4 is 39.7 Å². The van der Waals surface area contributed by atoms with Gasteiger partial charge in [-0.25, -0.2) is 0 Å². The second kappa shape index (κ2) is 7.19. The van der Waals surface area contributed by atoms with E-state index in [0.717, 1.165) is 10.8 Å². The Balaban J connectivity index is 1.69. The Labute approximate surface area is 148 Å². The number of carbonyl (C=O) groups is 1. The molecule has 0 aliphatic heterocycles. The highest BCUT2D eigenvalue weighted by Crippen LogP contribution is 2.28. The highest BCUT2D eigenvalue weighted by Gasteiger charge is 2.14. The maximum absolute atomic E-state index is 12.0. The average Bonchev–Trinajstić information content (AvgIpc) is 2.61. The second-order valence-electron chi connectivity index (χ2n) is 5.24. The van der Waals surface area contributed by atoms with Crippen molar-refractivity contribution in [3.8, 4) is 5.75 Å². The van der Waals surface area contributed by atoms with Crippen molar-refractivity contribution in [2.75, 3.05) is 11.9 Å². The number of nitro benzene ring substituents is 1. The summed E-state index contributed by atoms with van der Waals surface area (Å²) in [6.45, 7) is -0.218. The van der Waals surface area contributed by atoms with E-state index in [4.69, 9.17) is 16.3 Å². The van der Waals surface area contributed by atoms with Crippen molar-refractivity contribution in [1.82, 2.24) is 0 Å². The molecule has 7 heteroatoms. The molecular formula is C18H13ClN2O4. The standard InChI is InChI=1S/C18H13ClN2O4/c19-15-9-8-13(10-16(15)21(23)24)20-18(22)11-25-17-7-3-5-12-4-1-2-6-14(12)17/h1-10H,11H2,(H,20,22). The topological polar surface area (TPSA) is 81.5 Å². The van der Waals surface area contributed by atoms with E-state index in [1.54, 1.807) is 6.07 Å². The summed E-state index contributed by atoms with van der Waals surface area (Å²) in [5.41, 5.74) is 0.0112. The fourth-order valence-corrected chi connectivity index (χ4v) is 2.58. The van der Waals surface area contributed by atoms with Gasteiger partial charge in [0.15, 0.2) is 6.61 Å². The molecule has 0 saturated carbocycles. The van der Waals surface area contributed by atoms with Gasteiger partial charge in [0.25, 0.3) is 11.6 Å². The maximum atomic E-state index is 12.0. The van der Waals surface area contributed by atoms with Crippen LogP contribution >= 0.6 is 11.6 Å². The van der Waals surface area contributed by atoms with Crippen molar-refractivity contribution < 1.29 is 14.5 Å². The number of ether oxygens (including phenoxy) is 1. The zero-order valence-corrected chi connectivity index (χ0v) is 13.7. The lowest BCUT2D eigenvalue weighted by molar-refractivity contribution is -0.384. The Morgan fingerprint density at radius 2 is 1.88 bits per heavy atom. The van der Waals surface area contributed by atoms with Crippen molar-refractivity contribution in [1.29, 1.82) is 0 Å². The van der Waals surface area contributed by atoms with Crippen LogP contribution in [0.15, 0.2) is 60.7 Å². The van der Waals surface area contributed by atoms with Gasteiger partial charge in [0.05, 0.1) is 4.92 Å². The van der Waals surface area contributed by atoms with Gasteiger partial charge in [0, 0.05) is 17.1 Å². The number of nitrogens with one attached hydrogen (secondary N) is 1. The normalized spacial score (nSPS) is 10.4. The van der Waals surface area contributed by atoms with Crippen LogP contribution in [0.4, 0.5) is 11.4 Å². The molecule has 25 heavy (non-hydrogen) atoms. The number of halogens is 1. The summed E-state index contributed by atoms with van der Waals surface area (Å²) in [7, 11) is 0. The Kier molecular flexibility index (Phi) is 4.81. The molecule has 0 bridgehead atoms. The predicted molar refractivity (Wildman–Crippen MR) is 96.2 cm³/mol. The van der Waals surface area contributed by atoms with Gasteiger partial charge in [-0.1, -0.05) is 48.0 Å². The fraction of sp³-hybridized carbons (Fsp3) is 0.0556. The van der Waals surface area contributed by atoms with E-state index in [2.05, 4.69) is 5.32 Å². The Morgan fingerprint density at radius 1 is 1.12 bits per heavy atom. The molecule has 0 fully saturated rings. The second-order valence-corrected chi connectivity index (χ2v) is 5.64. The van der Waals surface area contributed by atoms with Crippen molar-refractivity contribution in [3.05, 3.63) is 75.8 Å². The van der Waals surface area contributed by atoms with E-state index in [9.17, 15) is 14.9 Å². The lowest BCUT2D eigenvalue weighted by Gasteiger charge is -2.10. The molecule has 3 aromatic carbocycles. The summed E-state index contributed by atoms with van der Waals surface area (Å²) in [6.07, 6.45) is 0. The molecule has 6 nitrogen and oxygen atoms in total. The molecule has 0 saturated heterocycles. The highest BCUT2D eigenvalue weighted by atomic mass is 35.5. The molecule has 0 atom stereocenters. The average molecular weight is 357 g/mol. The number of anilines is 1. The zero-order valence-electron chi connectivity index (χ0n) is 12.9. The molecule has 0 aliphatic carbocycles. The van der Waals surface area contributed by atoms with Gasteiger partial charge in [-0.3, -0.25) is 14.9 Å². The fourth-order valence-electron chi connectivity index (χ4n) is 2.39. The van der Waals surface area contributed by atoms with Crippen LogP contribution in [0.25, 0.3) is 10.8 Å². The first-order valence-electron chi connectivity index (χ1n) is 7.39. The van der Waals surface area contributed by atoms with Crippen LogP contribution in [0.5, 0.6) is 5.75 Å². The monoisotopic (exact) mass is 356 g/mol. The quantitative estimate of drug-likeness (QED) is 0.542. The Bertz CT molecular complexity index is 953. The van der Waals surface area contributed by atoms with Gasteiger partial charge in [-0.2, -0.15) is 0 Å². The number of benzene rings is 3. The van der Waals surface area contributed by atoms with Crippen LogP contribution in [0.3, 0.4) is 0 Å². The van der Waals surface area contributed by atoms with Crippen LogP contribution in [-0.4, -0.2) is 17.4 Å². The number of carbonyl (C=O) groups excluding carboxylic acids is 1. The number of nitrogens with zero attached hydrogens (tertiary/aromatic N) is 1. The number of hydrogen-bond donors (Lipinski definition) is 1. The molecular weight excluding hydrogens is 344 g/mol. The van der Waals surface area contributed by atoms with Gasteiger partial charge in [-0.05, 0) is 23.6 Å². The van der Waals surface area contributed by atoms with Crippen LogP contribution in [-0.2, 0) is 4.79 Å². The Hall–Kier alpha value is -3.12. The van der Waals surface area contributed by atoms with E-state index < -0.39 is 10.8 Å². The first kappa shape index (κ1) is 16.7. The largest absolute Gasteiger partial charge is 0.483 e. The summed E-state index contributed by atoms with van der Waals surface area (Å²) < 4.78 is 5.58. The summed E-state index contributed by atoms with van der Waals surface area (Å²) >= 11 is 5.75. The molecule has 126 valence electrons. The summed E-state index contributed by atoms with van der Waals surface area (Å²) in [5, 5.41) is 15.4. The van der Waals surface area contributed by atoms with Gasteiger partial charge < -0.3 is 10.1 Å². The van der Waals surface area contributed by atoms with Crippen molar-refractivity contribution in [2.24, 2.45) is 0 Å². The van der Waals surface area contributed by atoms with Crippen molar-refractivity contribution in [3.63, 3.8) is 0 Å². The maximum Gasteiger partial charge on any atom is 0.289 e. The van der Waals surface area contributed by atoms with Gasteiger partial charge in [0.2, 0.25) is 0 Å². The Morgan fingerprint density at radius 3 is 2.68 bits per heavy atom. The summed E-state index contributed by atoms with van der Waals surface area (Å²) in [5.74, 6) is 0.167. The zero-order chi connectivity index (χ0) is 17.8. The predicted octanol–water partition coefficient (Wildman–Crippen LogP) is 4.42. The number of nitro groups is 1. The number of hydrogen-bond acceptors (Lipinski definition) is 4. The SMILES string of the molecule is O=C(COc1cccc2ccccc12)Nc1ccc(Cl)c([N+](=O)[O-])c1. The molecule has 0 aromatic heterocycles. The van der Waals surface area contributed by atoms with E-state index in [1.165, 1.54) is 18.2 Å². The lowest BCUT2D eigenvalue weighted by Crippen LogP contribution is -2.20. The van der Waals surface area contributed by atoms with Crippen LogP contribution in [0.2, 0.25) is 5.02 Å². The van der Waals surface area contributed by atoms with Gasteiger partial charge >= 0.3 is 0 Å².